The van der Waals surface area contributed by atoms with Crippen LogP contribution in [0.4, 0.5) is 9.59 Å². The molecule has 0 aliphatic heterocycles. The number of nitrogens with one attached hydrogen (secondary N) is 3. The highest BCUT2D eigenvalue weighted by atomic mass is 16.6. The van der Waals surface area contributed by atoms with Crippen LogP contribution in [-0.2, 0) is 20.9 Å². The van der Waals surface area contributed by atoms with Crippen LogP contribution in [0.5, 0.6) is 0 Å². The number of rotatable bonds is 12. The molecule has 0 aliphatic rings. The van der Waals surface area contributed by atoms with Gasteiger partial charge < -0.3 is 25.4 Å². The first-order valence-electron chi connectivity index (χ1n) is 10.0. The van der Waals surface area contributed by atoms with Crippen LogP contribution in [0.2, 0.25) is 0 Å². The maximum Gasteiger partial charge on any atom is 0.407 e. The topological polar surface area (TPSA) is 106 Å². The van der Waals surface area contributed by atoms with E-state index >= 15 is 0 Å². The fourth-order valence-corrected chi connectivity index (χ4v) is 2.64. The van der Waals surface area contributed by atoms with E-state index in [1.807, 2.05) is 44.2 Å². The highest BCUT2D eigenvalue weighted by Gasteiger charge is 2.15. The minimum Gasteiger partial charge on any atom is -0.450 e. The number of carbonyl (C=O) groups excluding carboxylic acids is 3. The van der Waals surface area contributed by atoms with Gasteiger partial charge in [0.2, 0.25) is 5.91 Å². The van der Waals surface area contributed by atoms with Crippen molar-refractivity contribution in [2.75, 3.05) is 19.7 Å². The van der Waals surface area contributed by atoms with Crippen LogP contribution in [0, 0.1) is 5.92 Å². The van der Waals surface area contributed by atoms with Crippen LogP contribution in [0.3, 0.4) is 0 Å². The second kappa shape index (κ2) is 14.3. The average Bonchev–Trinajstić information content (AvgIpc) is 2.68. The van der Waals surface area contributed by atoms with Crippen molar-refractivity contribution in [3.63, 3.8) is 0 Å². The van der Waals surface area contributed by atoms with E-state index in [0.29, 0.717) is 32.0 Å². The molecule has 1 atom stereocenters. The number of hydrogen-bond donors (Lipinski definition) is 3. The molecular formula is C21H33N3O5. The predicted molar refractivity (Wildman–Crippen MR) is 110 cm³/mol. The molecule has 0 aromatic heterocycles. The summed E-state index contributed by atoms with van der Waals surface area (Å²) in [7, 11) is 0. The van der Waals surface area contributed by atoms with Gasteiger partial charge in [0.05, 0.1) is 6.61 Å². The Morgan fingerprint density at radius 2 is 1.72 bits per heavy atom. The molecule has 1 rings (SSSR count). The number of carbonyl (C=O) groups is 3. The molecule has 1 unspecified atom stereocenters. The lowest BCUT2D eigenvalue weighted by atomic mass is 10.0. The molecule has 29 heavy (non-hydrogen) atoms. The number of benzene rings is 1. The van der Waals surface area contributed by atoms with Crippen LogP contribution in [0.1, 0.15) is 45.6 Å². The van der Waals surface area contributed by atoms with Crippen molar-refractivity contribution in [3.8, 4) is 0 Å². The summed E-state index contributed by atoms with van der Waals surface area (Å²) in [5.41, 5.74) is 0.911. The Morgan fingerprint density at radius 1 is 1.00 bits per heavy atom. The summed E-state index contributed by atoms with van der Waals surface area (Å²) in [5, 5.41) is 8.21. The molecule has 162 valence electrons. The number of amides is 3. The standard InChI is InChI=1S/C21H33N3O5/c1-4-28-21(27)24-18(13-16(2)3)14-23-19(25)11-8-12-22-20(26)29-15-17-9-6-5-7-10-17/h5-7,9-10,16,18H,4,8,11-15H2,1-3H3,(H,22,26)(H,23,25)(H,24,27). The number of alkyl carbamates (subject to hydrolysis) is 2. The van der Waals surface area contributed by atoms with E-state index in [1.165, 1.54) is 0 Å². The van der Waals surface area contributed by atoms with Crippen molar-refractivity contribution < 1.29 is 23.9 Å². The van der Waals surface area contributed by atoms with E-state index in [4.69, 9.17) is 9.47 Å². The lowest BCUT2D eigenvalue weighted by molar-refractivity contribution is -0.121. The fourth-order valence-electron chi connectivity index (χ4n) is 2.64. The van der Waals surface area contributed by atoms with Gasteiger partial charge in [0, 0.05) is 25.6 Å². The van der Waals surface area contributed by atoms with Crippen molar-refractivity contribution in [1.82, 2.24) is 16.0 Å². The normalized spacial score (nSPS) is 11.4. The van der Waals surface area contributed by atoms with E-state index < -0.39 is 12.2 Å². The SMILES string of the molecule is CCOC(=O)NC(CNC(=O)CCCNC(=O)OCc1ccccc1)CC(C)C. The van der Waals surface area contributed by atoms with Gasteiger partial charge >= 0.3 is 12.2 Å². The van der Waals surface area contributed by atoms with Gasteiger partial charge in [-0.3, -0.25) is 4.79 Å². The van der Waals surface area contributed by atoms with Gasteiger partial charge in [-0.05, 0) is 31.2 Å². The molecule has 1 aromatic carbocycles. The minimum absolute atomic E-state index is 0.135. The first-order chi connectivity index (χ1) is 13.9. The molecule has 3 amide bonds. The molecule has 0 fully saturated rings. The molecule has 0 bridgehead atoms. The molecule has 0 spiro atoms. The molecule has 1 aromatic rings. The lowest BCUT2D eigenvalue weighted by Crippen LogP contribution is -2.44. The first-order valence-corrected chi connectivity index (χ1v) is 10.0. The number of hydrogen-bond acceptors (Lipinski definition) is 5. The molecule has 0 saturated heterocycles. The zero-order valence-electron chi connectivity index (χ0n) is 17.5. The molecule has 0 radical (unpaired) electrons. The van der Waals surface area contributed by atoms with E-state index in [-0.39, 0.29) is 25.0 Å². The Balaban J connectivity index is 2.19. The van der Waals surface area contributed by atoms with Crippen molar-refractivity contribution in [3.05, 3.63) is 35.9 Å². The third-order valence-electron chi connectivity index (χ3n) is 3.96. The molecule has 0 saturated carbocycles. The Morgan fingerprint density at radius 3 is 2.38 bits per heavy atom. The summed E-state index contributed by atoms with van der Waals surface area (Å²) >= 11 is 0. The maximum atomic E-state index is 12.0. The molecule has 0 heterocycles. The summed E-state index contributed by atoms with van der Waals surface area (Å²) in [6.45, 7) is 7.02. The monoisotopic (exact) mass is 407 g/mol. The number of ether oxygens (including phenoxy) is 2. The largest absolute Gasteiger partial charge is 0.450 e. The van der Waals surface area contributed by atoms with Gasteiger partial charge in [-0.1, -0.05) is 44.2 Å². The Kier molecular flexibility index (Phi) is 11.9. The second-order valence-corrected chi connectivity index (χ2v) is 7.09. The van der Waals surface area contributed by atoms with Crippen molar-refractivity contribution in [2.45, 2.75) is 52.7 Å². The van der Waals surface area contributed by atoms with Crippen molar-refractivity contribution in [2.24, 2.45) is 5.92 Å². The van der Waals surface area contributed by atoms with Gasteiger partial charge in [0.25, 0.3) is 0 Å². The quantitative estimate of drug-likeness (QED) is 0.462. The molecule has 8 nitrogen and oxygen atoms in total. The van der Waals surface area contributed by atoms with Crippen LogP contribution in [0.15, 0.2) is 30.3 Å². The van der Waals surface area contributed by atoms with Gasteiger partial charge in [-0.15, -0.1) is 0 Å². The third kappa shape index (κ3) is 12.3. The van der Waals surface area contributed by atoms with Gasteiger partial charge in [-0.25, -0.2) is 9.59 Å². The predicted octanol–water partition coefficient (Wildman–Crippen LogP) is 2.97. The highest BCUT2D eigenvalue weighted by Crippen LogP contribution is 2.05. The zero-order valence-corrected chi connectivity index (χ0v) is 17.5. The molecular weight excluding hydrogens is 374 g/mol. The van der Waals surface area contributed by atoms with Crippen molar-refractivity contribution in [1.29, 1.82) is 0 Å². The Hall–Kier alpha value is -2.77. The highest BCUT2D eigenvalue weighted by molar-refractivity contribution is 5.76. The van der Waals surface area contributed by atoms with Crippen LogP contribution in [0.25, 0.3) is 0 Å². The first kappa shape index (κ1) is 24.3. The summed E-state index contributed by atoms with van der Waals surface area (Å²) < 4.78 is 10.0. The molecule has 8 heteroatoms. The smallest absolute Gasteiger partial charge is 0.407 e. The van der Waals surface area contributed by atoms with E-state index in [0.717, 1.165) is 12.0 Å². The molecule has 0 aliphatic carbocycles. The summed E-state index contributed by atoms with van der Waals surface area (Å²) in [6.07, 6.45) is 0.503. The third-order valence-corrected chi connectivity index (χ3v) is 3.96. The minimum atomic E-state index is -0.509. The van der Waals surface area contributed by atoms with Crippen LogP contribution in [-0.4, -0.2) is 43.8 Å². The van der Waals surface area contributed by atoms with Crippen molar-refractivity contribution >= 4 is 18.1 Å². The van der Waals surface area contributed by atoms with Gasteiger partial charge in [0.1, 0.15) is 6.61 Å². The van der Waals surface area contributed by atoms with Gasteiger partial charge in [0.15, 0.2) is 0 Å². The summed E-state index contributed by atoms with van der Waals surface area (Å²) in [6, 6.07) is 9.21. The van der Waals surface area contributed by atoms with E-state index in [1.54, 1.807) is 6.92 Å². The summed E-state index contributed by atoms with van der Waals surface area (Å²) in [4.78, 5) is 35.3. The van der Waals surface area contributed by atoms with Crippen LogP contribution >= 0.6 is 0 Å². The second-order valence-electron chi connectivity index (χ2n) is 7.09. The fraction of sp³-hybridized carbons (Fsp3) is 0.571. The van der Waals surface area contributed by atoms with Crippen LogP contribution < -0.4 is 16.0 Å². The lowest BCUT2D eigenvalue weighted by Gasteiger charge is -2.20. The van der Waals surface area contributed by atoms with E-state index in [2.05, 4.69) is 16.0 Å². The van der Waals surface area contributed by atoms with E-state index in [9.17, 15) is 14.4 Å². The zero-order chi connectivity index (χ0) is 21.5. The Labute approximate surface area is 172 Å². The average molecular weight is 408 g/mol. The summed E-state index contributed by atoms with van der Waals surface area (Å²) in [5.74, 6) is 0.230. The maximum absolute atomic E-state index is 12.0. The Bertz CT molecular complexity index is 622. The molecule has 3 N–H and O–H groups in total. The van der Waals surface area contributed by atoms with Gasteiger partial charge in [-0.2, -0.15) is 0 Å².